The number of aliphatic hydroxyl groups is 1. The number of rotatable bonds is 7. The Morgan fingerprint density at radius 1 is 1.19 bits per heavy atom. The summed E-state index contributed by atoms with van der Waals surface area (Å²) >= 11 is 1.53. The molecule has 0 aliphatic heterocycles. The fourth-order valence-corrected chi connectivity index (χ4v) is 5.07. The van der Waals surface area contributed by atoms with Gasteiger partial charge in [-0.25, -0.2) is 0 Å². The maximum Gasteiger partial charge on any atom is 0.261 e. The van der Waals surface area contributed by atoms with Crippen molar-refractivity contribution in [3.05, 3.63) is 47.4 Å². The van der Waals surface area contributed by atoms with E-state index < -0.39 is 0 Å². The zero-order valence-electron chi connectivity index (χ0n) is 15.4. The number of hydrogen-bond acceptors (Lipinski definition) is 4. The summed E-state index contributed by atoms with van der Waals surface area (Å²) in [4.78, 5) is 24.8. The van der Waals surface area contributed by atoms with Crippen LogP contribution in [0.3, 0.4) is 0 Å². The molecular formula is C21H26N2O3S. The van der Waals surface area contributed by atoms with Crippen LogP contribution in [0.1, 0.15) is 46.8 Å². The number of hydrogen-bond donors (Lipinski definition) is 3. The van der Waals surface area contributed by atoms with E-state index in [0.717, 1.165) is 40.8 Å². The summed E-state index contributed by atoms with van der Waals surface area (Å²) in [5.74, 6) is 0.605. The third kappa shape index (κ3) is 4.57. The van der Waals surface area contributed by atoms with E-state index in [1.807, 2.05) is 12.1 Å². The van der Waals surface area contributed by atoms with Gasteiger partial charge in [0.1, 0.15) is 0 Å². The van der Waals surface area contributed by atoms with Crippen molar-refractivity contribution in [2.45, 2.75) is 31.6 Å². The molecule has 3 N–H and O–H groups in total. The van der Waals surface area contributed by atoms with Gasteiger partial charge in [-0.05, 0) is 60.6 Å². The Bertz CT molecular complexity index is 822. The topological polar surface area (TPSA) is 78.4 Å². The molecule has 0 unspecified atom stereocenters. The summed E-state index contributed by atoms with van der Waals surface area (Å²) in [5.41, 5.74) is 1.15. The van der Waals surface area contributed by atoms with Crippen LogP contribution in [-0.2, 0) is 4.79 Å². The summed E-state index contributed by atoms with van der Waals surface area (Å²) in [6.07, 6.45) is 5.39. The first kappa shape index (κ1) is 19.6. The maximum atomic E-state index is 12.6. The lowest BCUT2D eigenvalue weighted by Crippen LogP contribution is -2.30. The standard InChI is InChI=1S/C21H26N2O3S/c1-2-18(25)23-13-14-7-9-15(10-8-14)19-16-5-3-4-6-17(16)27-20(19)21(26)22-11-12-24/h2-6,14-15,24H,1,7-13H2,(H,22,26)(H,23,25). The summed E-state index contributed by atoms with van der Waals surface area (Å²) in [5, 5.41) is 15.9. The molecule has 0 radical (unpaired) electrons. The van der Waals surface area contributed by atoms with Gasteiger partial charge in [-0.2, -0.15) is 0 Å². The molecule has 0 atom stereocenters. The largest absolute Gasteiger partial charge is 0.395 e. The second-order valence-corrected chi connectivity index (χ2v) is 8.04. The van der Waals surface area contributed by atoms with Crippen LogP contribution in [0.15, 0.2) is 36.9 Å². The molecule has 27 heavy (non-hydrogen) atoms. The highest BCUT2D eigenvalue weighted by Crippen LogP contribution is 2.43. The molecule has 2 amide bonds. The zero-order chi connectivity index (χ0) is 19.2. The van der Waals surface area contributed by atoms with Crippen LogP contribution in [0.5, 0.6) is 0 Å². The van der Waals surface area contributed by atoms with Gasteiger partial charge in [-0.3, -0.25) is 9.59 Å². The third-order valence-corrected chi connectivity index (χ3v) is 6.43. The van der Waals surface area contributed by atoms with Gasteiger partial charge in [0, 0.05) is 17.8 Å². The van der Waals surface area contributed by atoms with Crippen molar-refractivity contribution >= 4 is 33.2 Å². The molecule has 1 aromatic heterocycles. The van der Waals surface area contributed by atoms with Crippen molar-refractivity contribution in [1.29, 1.82) is 0 Å². The first-order valence-electron chi connectivity index (χ1n) is 9.44. The molecule has 0 spiro atoms. The molecular weight excluding hydrogens is 360 g/mol. The molecule has 1 aromatic carbocycles. The highest BCUT2D eigenvalue weighted by molar-refractivity contribution is 7.21. The summed E-state index contributed by atoms with van der Waals surface area (Å²) < 4.78 is 1.13. The molecule has 2 aromatic rings. The van der Waals surface area contributed by atoms with E-state index in [4.69, 9.17) is 5.11 Å². The molecule has 1 aliphatic rings. The predicted octanol–water partition coefficient (Wildman–Crippen LogP) is 3.20. The van der Waals surface area contributed by atoms with Crippen LogP contribution < -0.4 is 10.6 Å². The van der Waals surface area contributed by atoms with E-state index in [0.29, 0.717) is 18.4 Å². The van der Waals surface area contributed by atoms with Crippen molar-refractivity contribution in [3.63, 3.8) is 0 Å². The number of carbonyl (C=O) groups is 2. The number of thiophene rings is 1. The lowest BCUT2D eigenvalue weighted by Gasteiger charge is -2.29. The fraction of sp³-hybridized carbons (Fsp3) is 0.429. The molecule has 1 saturated carbocycles. The minimum Gasteiger partial charge on any atom is -0.395 e. The second kappa shape index (κ2) is 9.15. The number of amides is 2. The Labute approximate surface area is 163 Å². The second-order valence-electron chi connectivity index (χ2n) is 6.99. The Morgan fingerprint density at radius 3 is 2.63 bits per heavy atom. The predicted molar refractivity (Wildman–Crippen MR) is 109 cm³/mol. The van der Waals surface area contributed by atoms with E-state index >= 15 is 0 Å². The SMILES string of the molecule is C=CC(=O)NCC1CCC(c2c(C(=O)NCCO)sc3ccccc23)CC1. The van der Waals surface area contributed by atoms with E-state index in [1.54, 1.807) is 0 Å². The van der Waals surface area contributed by atoms with Crippen molar-refractivity contribution in [1.82, 2.24) is 10.6 Å². The van der Waals surface area contributed by atoms with Crippen LogP contribution in [0.2, 0.25) is 0 Å². The van der Waals surface area contributed by atoms with E-state index in [2.05, 4.69) is 29.3 Å². The minimum atomic E-state index is -0.121. The molecule has 1 heterocycles. The lowest BCUT2D eigenvalue weighted by atomic mass is 9.77. The third-order valence-electron chi connectivity index (χ3n) is 5.24. The summed E-state index contributed by atoms with van der Waals surface area (Å²) in [6.45, 7) is 4.37. The van der Waals surface area contributed by atoms with Crippen molar-refractivity contribution in [2.75, 3.05) is 19.7 Å². The molecule has 144 valence electrons. The maximum absolute atomic E-state index is 12.6. The summed E-state index contributed by atoms with van der Waals surface area (Å²) in [7, 11) is 0. The van der Waals surface area contributed by atoms with Crippen LogP contribution >= 0.6 is 11.3 Å². The molecule has 1 fully saturated rings. The lowest BCUT2D eigenvalue weighted by molar-refractivity contribution is -0.116. The van der Waals surface area contributed by atoms with Gasteiger partial charge < -0.3 is 15.7 Å². The van der Waals surface area contributed by atoms with Crippen LogP contribution in [0.25, 0.3) is 10.1 Å². The number of carbonyl (C=O) groups excluding carboxylic acids is 2. The number of fused-ring (bicyclic) bond motifs is 1. The van der Waals surface area contributed by atoms with Crippen molar-refractivity contribution in [3.8, 4) is 0 Å². The molecule has 0 bridgehead atoms. The van der Waals surface area contributed by atoms with Gasteiger partial charge in [0.15, 0.2) is 0 Å². The van der Waals surface area contributed by atoms with Crippen LogP contribution in [0, 0.1) is 5.92 Å². The Balaban J connectivity index is 1.77. The fourth-order valence-electron chi connectivity index (χ4n) is 3.86. The first-order valence-corrected chi connectivity index (χ1v) is 10.3. The molecule has 6 heteroatoms. The van der Waals surface area contributed by atoms with E-state index in [-0.39, 0.29) is 25.0 Å². The van der Waals surface area contributed by atoms with Gasteiger partial charge in [-0.1, -0.05) is 24.8 Å². The monoisotopic (exact) mass is 386 g/mol. The summed E-state index contributed by atoms with van der Waals surface area (Å²) in [6, 6.07) is 8.17. The first-order chi connectivity index (χ1) is 13.1. The van der Waals surface area contributed by atoms with Crippen LogP contribution in [0.4, 0.5) is 0 Å². The molecule has 3 rings (SSSR count). The number of aliphatic hydroxyl groups excluding tert-OH is 1. The van der Waals surface area contributed by atoms with E-state index in [1.165, 1.54) is 22.8 Å². The van der Waals surface area contributed by atoms with Gasteiger partial charge in [0.25, 0.3) is 5.91 Å². The van der Waals surface area contributed by atoms with Gasteiger partial charge >= 0.3 is 0 Å². The number of nitrogens with one attached hydrogen (secondary N) is 2. The average Bonchev–Trinajstić information content (AvgIpc) is 3.10. The Kier molecular flexibility index (Phi) is 6.63. The van der Waals surface area contributed by atoms with Gasteiger partial charge in [0.2, 0.25) is 5.91 Å². The minimum absolute atomic E-state index is 0.0620. The highest BCUT2D eigenvalue weighted by Gasteiger charge is 2.29. The smallest absolute Gasteiger partial charge is 0.261 e. The van der Waals surface area contributed by atoms with Gasteiger partial charge in [0.05, 0.1) is 11.5 Å². The normalized spacial score (nSPS) is 19.6. The quantitative estimate of drug-likeness (QED) is 0.640. The molecule has 5 nitrogen and oxygen atoms in total. The van der Waals surface area contributed by atoms with Crippen molar-refractivity contribution in [2.24, 2.45) is 5.92 Å². The molecule has 0 saturated heterocycles. The number of benzene rings is 1. The zero-order valence-corrected chi connectivity index (χ0v) is 16.2. The van der Waals surface area contributed by atoms with E-state index in [9.17, 15) is 9.59 Å². The highest BCUT2D eigenvalue weighted by atomic mass is 32.1. The van der Waals surface area contributed by atoms with Crippen LogP contribution in [-0.4, -0.2) is 36.6 Å². The average molecular weight is 387 g/mol. The van der Waals surface area contributed by atoms with Gasteiger partial charge in [-0.15, -0.1) is 11.3 Å². The molecule has 1 aliphatic carbocycles. The Hall–Kier alpha value is -2.18. The van der Waals surface area contributed by atoms with Crippen molar-refractivity contribution < 1.29 is 14.7 Å². The Morgan fingerprint density at radius 2 is 1.93 bits per heavy atom.